The number of hydrogen-bond acceptors (Lipinski definition) is 5. The first-order valence-corrected chi connectivity index (χ1v) is 9.68. The van der Waals surface area contributed by atoms with Gasteiger partial charge in [0.15, 0.2) is 0 Å². The molecule has 1 aromatic carbocycles. The molecule has 0 aliphatic rings. The molecule has 0 fully saturated rings. The van der Waals surface area contributed by atoms with Gasteiger partial charge in [-0.25, -0.2) is 9.67 Å². The second-order valence-corrected chi connectivity index (χ2v) is 7.43. The monoisotopic (exact) mass is 432 g/mol. The van der Waals surface area contributed by atoms with Crippen molar-refractivity contribution in [2.45, 2.75) is 33.0 Å². The van der Waals surface area contributed by atoms with Crippen molar-refractivity contribution in [3.63, 3.8) is 0 Å². The number of anilines is 1. The normalized spacial score (nSPS) is 12.7. The van der Waals surface area contributed by atoms with E-state index in [-0.39, 0.29) is 29.9 Å². The molecule has 3 aromatic rings. The van der Waals surface area contributed by atoms with E-state index in [1.807, 2.05) is 32.9 Å². The number of halogens is 3. The molecule has 1 atom stereocenters. The summed E-state index contributed by atoms with van der Waals surface area (Å²) < 4.78 is 40.8. The van der Waals surface area contributed by atoms with Crippen molar-refractivity contribution in [1.29, 1.82) is 0 Å². The predicted octanol–water partition coefficient (Wildman–Crippen LogP) is 3.91. The Bertz CT molecular complexity index is 1030. The average molecular weight is 432 g/mol. The quantitative estimate of drug-likeness (QED) is 0.591. The number of aromatic nitrogens is 4. The third-order valence-corrected chi connectivity index (χ3v) is 4.76. The highest BCUT2D eigenvalue weighted by Crippen LogP contribution is 2.33. The number of amides is 1. The lowest BCUT2D eigenvalue weighted by Gasteiger charge is -2.23. The number of nitrogens with one attached hydrogen (secondary N) is 2. The molecule has 31 heavy (non-hydrogen) atoms. The summed E-state index contributed by atoms with van der Waals surface area (Å²) in [6, 6.07) is 6.65. The molecule has 0 aliphatic carbocycles. The molecular weight excluding hydrogens is 409 g/mol. The maximum absolute atomic E-state index is 13.2. The van der Waals surface area contributed by atoms with Gasteiger partial charge in [0, 0.05) is 6.20 Å². The van der Waals surface area contributed by atoms with Crippen LogP contribution in [-0.4, -0.2) is 32.2 Å². The van der Waals surface area contributed by atoms with Gasteiger partial charge in [-0.1, -0.05) is 19.9 Å². The minimum absolute atomic E-state index is 0.0118. The van der Waals surface area contributed by atoms with Crippen LogP contribution in [0.5, 0.6) is 0 Å². The zero-order valence-corrected chi connectivity index (χ0v) is 17.3. The number of aryl methyl sites for hydroxylation is 1. The van der Waals surface area contributed by atoms with Gasteiger partial charge < -0.3 is 5.32 Å². The summed E-state index contributed by atoms with van der Waals surface area (Å²) in [5.74, 6) is -0.347. The number of hydrogen-bond donors (Lipinski definition) is 2. The van der Waals surface area contributed by atoms with Crippen LogP contribution < -0.4 is 10.6 Å². The molecule has 10 heteroatoms. The van der Waals surface area contributed by atoms with Crippen LogP contribution in [0.4, 0.5) is 18.9 Å². The van der Waals surface area contributed by atoms with E-state index in [0.717, 1.165) is 23.4 Å². The van der Waals surface area contributed by atoms with E-state index in [1.54, 1.807) is 6.20 Å². The standard InChI is InChI=1S/C21H23F3N6O/c1-13(2)19(20-14(3)5-4-8-26-20)27-10-18(31)29-16-9-15(21(22,23)24)6-7-17(16)30-12-25-11-28-30/h4-9,11-13,19,27H,10H2,1-3H3,(H,29,31). The van der Waals surface area contributed by atoms with Crippen molar-refractivity contribution in [3.05, 3.63) is 66.0 Å². The Labute approximate surface area is 177 Å². The number of rotatable bonds is 7. The smallest absolute Gasteiger partial charge is 0.323 e. The number of benzene rings is 1. The molecule has 0 radical (unpaired) electrons. The van der Waals surface area contributed by atoms with Gasteiger partial charge in [0.2, 0.25) is 5.91 Å². The second kappa shape index (κ2) is 9.25. The zero-order chi connectivity index (χ0) is 22.6. The van der Waals surface area contributed by atoms with Gasteiger partial charge in [0.25, 0.3) is 0 Å². The van der Waals surface area contributed by atoms with Crippen LogP contribution in [0, 0.1) is 12.8 Å². The summed E-state index contributed by atoms with van der Waals surface area (Å²) in [5.41, 5.74) is 1.21. The Kier molecular flexibility index (Phi) is 6.69. The first kappa shape index (κ1) is 22.4. The molecule has 0 aliphatic heterocycles. The van der Waals surface area contributed by atoms with Crippen LogP contribution in [0.15, 0.2) is 49.2 Å². The Morgan fingerprint density at radius 2 is 2.00 bits per heavy atom. The number of pyridine rings is 1. The van der Waals surface area contributed by atoms with Crippen molar-refractivity contribution in [1.82, 2.24) is 25.1 Å². The summed E-state index contributed by atoms with van der Waals surface area (Å²) in [7, 11) is 0. The highest BCUT2D eigenvalue weighted by atomic mass is 19.4. The van der Waals surface area contributed by atoms with Gasteiger partial charge in [-0.3, -0.25) is 15.1 Å². The van der Waals surface area contributed by atoms with E-state index in [2.05, 4.69) is 25.7 Å². The first-order valence-electron chi connectivity index (χ1n) is 9.68. The summed E-state index contributed by atoms with van der Waals surface area (Å²) in [6.45, 7) is 5.83. The third kappa shape index (κ3) is 5.46. The van der Waals surface area contributed by atoms with Crippen LogP contribution in [-0.2, 0) is 11.0 Å². The molecule has 2 heterocycles. The molecular formula is C21H23F3N6O. The highest BCUT2D eigenvalue weighted by molar-refractivity contribution is 5.94. The fraction of sp³-hybridized carbons (Fsp3) is 0.333. The number of nitrogens with zero attached hydrogens (tertiary/aromatic N) is 4. The molecule has 1 unspecified atom stereocenters. The zero-order valence-electron chi connectivity index (χ0n) is 17.3. The number of carbonyl (C=O) groups excluding carboxylic acids is 1. The molecule has 2 aromatic heterocycles. The minimum Gasteiger partial charge on any atom is -0.323 e. The Morgan fingerprint density at radius 3 is 2.61 bits per heavy atom. The third-order valence-electron chi connectivity index (χ3n) is 4.76. The lowest BCUT2D eigenvalue weighted by atomic mass is 9.97. The van der Waals surface area contributed by atoms with Crippen LogP contribution in [0.3, 0.4) is 0 Å². The fourth-order valence-corrected chi connectivity index (χ4v) is 3.21. The van der Waals surface area contributed by atoms with Gasteiger partial charge in [-0.05, 0) is 42.7 Å². The molecule has 164 valence electrons. The Balaban J connectivity index is 1.80. The van der Waals surface area contributed by atoms with E-state index in [0.29, 0.717) is 0 Å². The number of alkyl halides is 3. The lowest BCUT2D eigenvalue weighted by Crippen LogP contribution is -2.34. The van der Waals surface area contributed by atoms with Crippen molar-refractivity contribution < 1.29 is 18.0 Å². The molecule has 0 spiro atoms. The largest absolute Gasteiger partial charge is 0.416 e. The van der Waals surface area contributed by atoms with Gasteiger partial charge in [0.05, 0.1) is 35.2 Å². The van der Waals surface area contributed by atoms with Crippen molar-refractivity contribution in [2.75, 3.05) is 11.9 Å². The van der Waals surface area contributed by atoms with Crippen LogP contribution >= 0.6 is 0 Å². The summed E-state index contributed by atoms with van der Waals surface area (Å²) in [4.78, 5) is 20.8. The Morgan fingerprint density at radius 1 is 1.23 bits per heavy atom. The van der Waals surface area contributed by atoms with Gasteiger partial charge >= 0.3 is 6.18 Å². The Hall–Kier alpha value is -3.27. The van der Waals surface area contributed by atoms with Crippen molar-refractivity contribution in [3.8, 4) is 5.69 Å². The van der Waals surface area contributed by atoms with Crippen LogP contribution in [0.25, 0.3) is 5.69 Å². The fourth-order valence-electron chi connectivity index (χ4n) is 3.21. The highest BCUT2D eigenvalue weighted by Gasteiger charge is 2.31. The first-order chi connectivity index (χ1) is 14.7. The maximum Gasteiger partial charge on any atom is 0.416 e. The SMILES string of the molecule is Cc1cccnc1C(NCC(=O)Nc1cc(C(F)(F)F)ccc1-n1cncn1)C(C)C. The molecule has 2 N–H and O–H groups in total. The topological polar surface area (TPSA) is 84.7 Å². The van der Waals surface area contributed by atoms with Gasteiger partial charge in [-0.2, -0.15) is 18.3 Å². The second-order valence-electron chi connectivity index (χ2n) is 7.43. The number of carbonyl (C=O) groups is 1. The molecule has 0 saturated heterocycles. The van der Waals surface area contributed by atoms with Crippen LogP contribution in [0.2, 0.25) is 0 Å². The summed E-state index contributed by atoms with van der Waals surface area (Å²) >= 11 is 0. The van der Waals surface area contributed by atoms with E-state index < -0.39 is 17.6 Å². The van der Waals surface area contributed by atoms with Gasteiger partial charge in [-0.15, -0.1) is 0 Å². The lowest BCUT2D eigenvalue weighted by molar-refractivity contribution is -0.137. The van der Waals surface area contributed by atoms with Crippen molar-refractivity contribution >= 4 is 11.6 Å². The predicted molar refractivity (Wildman–Crippen MR) is 110 cm³/mol. The van der Waals surface area contributed by atoms with Crippen LogP contribution in [0.1, 0.15) is 36.7 Å². The van der Waals surface area contributed by atoms with E-state index in [9.17, 15) is 18.0 Å². The summed E-state index contributed by atoms with van der Waals surface area (Å²) in [6.07, 6.45) is -0.257. The molecule has 3 rings (SSSR count). The molecule has 7 nitrogen and oxygen atoms in total. The maximum atomic E-state index is 13.2. The average Bonchev–Trinajstić information content (AvgIpc) is 3.23. The van der Waals surface area contributed by atoms with Crippen molar-refractivity contribution in [2.24, 2.45) is 5.92 Å². The molecule has 1 amide bonds. The van der Waals surface area contributed by atoms with E-state index in [4.69, 9.17) is 0 Å². The molecule has 0 bridgehead atoms. The summed E-state index contributed by atoms with van der Waals surface area (Å²) in [5, 5.41) is 9.67. The van der Waals surface area contributed by atoms with E-state index in [1.165, 1.54) is 23.4 Å². The van der Waals surface area contributed by atoms with Gasteiger partial charge in [0.1, 0.15) is 12.7 Å². The van der Waals surface area contributed by atoms with E-state index >= 15 is 0 Å². The minimum atomic E-state index is -4.54. The molecule has 0 saturated carbocycles.